The van der Waals surface area contributed by atoms with Crippen molar-refractivity contribution < 1.29 is 13.9 Å². The fourth-order valence-electron chi connectivity index (χ4n) is 3.14. The highest BCUT2D eigenvalue weighted by molar-refractivity contribution is 5.92. The molecule has 0 radical (unpaired) electrons. The molecule has 0 bridgehead atoms. The number of rotatable bonds is 4. The lowest BCUT2D eigenvalue weighted by molar-refractivity contribution is 0.0487. The van der Waals surface area contributed by atoms with E-state index in [1.54, 1.807) is 13.2 Å². The summed E-state index contributed by atoms with van der Waals surface area (Å²) >= 11 is 0. The van der Waals surface area contributed by atoms with Gasteiger partial charge in [-0.05, 0) is 37.5 Å². The van der Waals surface area contributed by atoms with Crippen LogP contribution in [0.2, 0.25) is 0 Å². The van der Waals surface area contributed by atoms with Crippen LogP contribution in [0.4, 0.5) is 0 Å². The smallest absolute Gasteiger partial charge is 0.289 e. The maximum absolute atomic E-state index is 12.7. The van der Waals surface area contributed by atoms with Gasteiger partial charge in [-0.15, -0.1) is 0 Å². The van der Waals surface area contributed by atoms with Gasteiger partial charge in [0.15, 0.2) is 5.76 Å². The van der Waals surface area contributed by atoms with Crippen molar-refractivity contribution >= 4 is 5.91 Å². The minimum Gasteiger partial charge on any atom is -0.456 e. The van der Waals surface area contributed by atoms with Crippen molar-refractivity contribution in [3.63, 3.8) is 0 Å². The van der Waals surface area contributed by atoms with Crippen LogP contribution >= 0.6 is 0 Å². The summed E-state index contributed by atoms with van der Waals surface area (Å²) in [6, 6.07) is 13.8. The first-order valence-electron chi connectivity index (χ1n) is 7.63. The first-order chi connectivity index (χ1) is 10.7. The van der Waals surface area contributed by atoms with Gasteiger partial charge in [0.25, 0.3) is 5.91 Å². The van der Waals surface area contributed by atoms with E-state index >= 15 is 0 Å². The van der Waals surface area contributed by atoms with Crippen LogP contribution in [-0.2, 0) is 11.2 Å². The average Bonchev–Trinajstić information content (AvgIpc) is 3.14. The minimum atomic E-state index is -0.0476. The molecule has 0 aliphatic carbocycles. The third-order valence-electron chi connectivity index (χ3n) is 4.29. The molecule has 0 unspecified atom stereocenters. The van der Waals surface area contributed by atoms with Gasteiger partial charge in [-0.3, -0.25) is 4.79 Å². The molecular formula is C18H21NO3. The normalized spacial score (nSPS) is 21.3. The van der Waals surface area contributed by atoms with E-state index in [0.29, 0.717) is 12.3 Å². The molecule has 1 aliphatic heterocycles. The Morgan fingerprint density at radius 3 is 2.68 bits per heavy atom. The van der Waals surface area contributed by atoms with E-state index in [1.807, 2.05) is 36.1 Å². The van der Waals surface area contributed by atoms with Gasteiger partial charge in [-0.25, -0.2) is 0 Å². The van der Waals surface area contributed by atoms with Gasteiger partial charge in [-0.2, -0.15) is 0 Å². The van der Waals surface area contributed by atoms with Crippen LogP contribution in [-0.4, -0.2) is 36.6 Å². The van der Waals surface area contributed by atoms with Gasteiger partial charge in [0, 0.05) is 13.7 Å². The Hall–Kier alpha value is -2.07. The number of carbonyl (C=O) groups excluding carboxylic acids is 1. The van der Waals surface area contributed by atoms with Crippen molar-refractivity contribution in [1.82, 2.24) is 4.90 Å². The van der Waals surface area contributed by atoms with Crippen molar-refractivity contribution in [2.75, 3.05) is 13.7 Å². The highest BCUT2D eigenvalue weighted by Crippen LogP contribution is 2.26. The summed E-state index contributed by atoms with van der Waals surface area (Å²) in [6.07, 6.45) is 1.73. The Morgan fingerprint density at radius 1 is 1.27 bits per heavy atom. The molecule has 2 atom stereocenters. The molecule has 1 aromatic carbocycles. The predicted molar refractivity (Wildman–Crippen MR) is 83.8 cm³/mol. The maximum atomic E-state index is 12.7. The van der Waals surface area contributed by atoms with Gasteiger partial charge in [0.05, 0.1) is 12.1 Å². The number of aryl methyl sites for hydroxylation is 1. The van der Waals surface area contributed by atoms with Crippen LogP contribution in [0, 0.1) is 6.92 Å². The molecule has 1 aliphatic rings. The molecule has 0 saturated carbocycles. The van der Waals surface area contributed by atoms with Crippen LogP contribution < -0.4 is 0 Å². The van der Waals surface area contributed by atoms with E-state index in [0.717, 1.165) is 18.6 Å². The predicted octanol–water partition coefficient (Wildman–Crippen LogP) is 3.06. The number of hydrogen-bond donors (Lipinski definition) is 0. The molecule has 3 rings (SSSR count). The third kappa shape index (κ3) is 2.92. The zero-order chi connectivity index (χ0) is 15.5. The lowest BCUT2D eigenvalue weighted by atomic mass is 10.0. The third-order valence-corrected chi connectivity index (χ3v) is 4.29. The van der Waals surface area contributed by atoms with Crippen LogP contribution in [0.1, 0.15) is 28.3 Å². The summed E-state index contributed by atoms with van der Waals surface area (Å²) in [5.74, 6) is 1.12. The van der Waals surface area contributed by atoms with Crippen LogP contribution in [0.25, 0.3) is 0 Å². The standard InChI is InChI=1S/C18H21NO3/c1-13-8-9-17(22-13)18(20)19-11-10-16(21-2)15(19)12-14-6-4-3-5-7-14/h3-9,15-16H,10-12H2,1-2H3/t15-,16-/m1/s1. The second kappa shape index (κ2) is 6.36. The number of methoxy groups -OCH3 is 1. The monoisotopic (exact) mass is 299 g/mol. The molecule has 1 amide bonds. The molecule has 1 fully saturated rings. The zero-order valence-electron chi connectivity index (χ0n) is 13.0. The summed E-state index contributed by atoms with van der Waals surface area (Å²) in [6.45, 7) is 2.55. The molecular weight excluding hydrogens is 278 g/mol. The first-order valence-corrected chi connectivity index (χ1v) is 7.63. The van der Waals surface area contributed by atoms with E-state index in [1.165, 1.54) is 5.56 Å². The quantitative estimate of drug-likeness (QED) is 0.871. The van der Waals surface area contributed by atoms with Crippen LogP contribution in [0.15, 0.2) is 46.9 Å². The summed E-state index contributed by atoms with van der Waals surface area (Å²) < 4.78 is 11.1. The van der Waals surface area contributed by atoms with Gasteiger partial charge in [0.1, 0.15) is 5.76 Å². The number of amides is 1. The number of hydrogen-bond acceptors (Lipinski definition) is 3. The van der Waals surface area contributed by atoms with E-state index in [9.17, 15) is 4.79 Å². The van der Waals surface area contributed by atoms with Gasteiger partial charge >= 0.3 is 0 Å². The van der Waals surface area contributed by atoms with Crippen molar-refractivity contribution in [2.45, 2.75) is 31.9 Å². The van der Waals surface area contributed by atoms with Crippen molar-refractivity contribution in [1.29, 1.82) is 0 Å². The van der Waals surface area contributed by atoms with E-state index in [4.69, 9.17) is 9.15 Å². The molecule has 1 saturated heterocycles. The number of ether oxygens (including phenoxy) is 1. The topological polar surface area (TPSA) is 42.7 Å². The molecule has 0 N–H and O–H groups in total. The number of benzene rings is 1. The molecule has 2 aromatic rings. The highest BCUT2D eigenvalue weighted by atomic mass is 16.5. The first kappa shape index (κ1) is 14.9. The Kier molecular flexibility index (Phi) is 4.29. The second-order valence-electron chi connectivity index (χ2n) is 5.73. The fourth-order valence-corrected chi connectivity index (χ4v) is 3.14. The Balaban J connectivity index is 1.81. The SMILES string of the molecule is CO[C@@H]1CCN(C(=O)c2ccc(C)o2)[C@@H]1Cc1ccccc1. The number of likely N-dealkylation sites (tertiary alicyclic amines) is 1. The van der Waals surface area contributed by atoms with Gasteiger partial charge in [-0.1, -0.05) is 30.3 Å². The molecule has 1 aromatic heterocycles. The van der Waals surface area contributed by atoms with E-state index in [-0.39, 0.29) is 18.1 Å². The number of furan rings is 1. The summed E-state index contributed by atoms with van der Waals surface area (Å²) in [4.78, 5) is 14.6. The zero-order valence-corrected chi connectivity index (χ0v) is 13.0. The van der Waals surface area contributed by atoms with Crippen LogP contribution in [0.3, 0.4) is 0 Å². The van der Waals surface area contributed by atoms with Crippen LogP contribution in [0.5, 0.6) is 0 Å². The molecule has 22 heavy (non-hydrogen) atoms. The Bertz CT molecular complexity index is 635. The molecule has 116 valence electrons. The molecule has 4 nitrogen and oxygen atoms in total. The molecule has 0 spiro atoms. The number of nitrogens with zero attached hydrogens (tertiary/aromatic N) is 1. The lowest BCUT2D eigenvalue weighted by Gasteiger charge is -2.27. The lowest BCUT2D eigenvalue weighted by Crippen LogP contribution is -2.41. The molecule has 4 heteroatoms. The minimum absolute atomic E-state index is 0.0466. The van der Waals surface area contributed by atoms with Crippen molar-refractivity contribution in [3.8, 4) is 0 Å². The van der Waals surface area contributed by atoms with Crippen molar-refractivity contribution in [2.24, 2.45) is 0 Å². The fraction of sp³-hybridized carbons (Fsp3) is 0.389. The summed E-state index contributed by atoms with van der Waals surface area (Å²) in [5, 5.41) is 0. The molecule has 2 heterocycles. The van der Waals surface area contributed by atoms with E-state index < -0.39 is 0 Å². The second-order valence-corrected chi connectivity index (χ2v) is 5.73. The summed E-state index contributed by atoms with van der Waals surface area (Å²) in [5.41, 5.74) is 1.21. The average molecular weight is 299 g/mol. The number of carbonyl (C=O) groups is 1. The van der Waals surface area contributed by atoms with Gasteiger partial charge < -0.3 is 14.1 Å². The highest BCUT2D eigenvalue weighted by Gasteiger charge is 2.38. The largest absolute Gasteiger partial charge is 0.456 e. The van der Waals surface area contributed by atoms with Crippen molar-refractivity contribution in [3.05, 3.63) is 59.5 Å². The maximum Gasteiger partial charge on any atom is 0.289 e. The Labute approximate surface area is 130 Å². The Morgan fingerprint density at radius 2 is 2.05 bits per heavy atom. The summed E-state index contributed by atoms with van der Waals surface area (Å²) in [7, 11) is 1.72. The van der Waals surface area contributed by atoms with Gasteiger partial charge in [0.2, 0.25) is 0 Å². The van der Waals surface area contributed by atoms with E-state index in [2.05, 4.69) is 12.1 Å².